The quantitative estimate of drug-likeness (QED) is 0.467. The van der Waals surface area contributed by atoms with Crippen molar-refractivity contribution in [3.05, 3.63) is 28.3 Å². The van der Waals surface area contributed by atoms with E-state index < -0.39 is 4.92 Å². The molecule has 0 aromatic heterocycles. The smallest absolute Gasteiger partial charge is 0.292 e. The van der Waals surface area contributed by atoms with Crippen molar-refractivity contribution in [2.45, 2.75) is 26.2 Å². The second-order valence-corrected chi connectivity index (χ2v) is 4.74. The van der Waals surface area contributed by atoms with E-state index in [9.17, 15) is 10.1 Å². The largest absolute Gasteiger partial charge is 0.393 e. The summed E-state index contributed by atoms with van der Waals surface area (Å²) in [5.41, 5.74) is 7.10. The van der Waals surface area contributed by atoms with Gasteiger partial charge in [-0.3, -0.25) is 10.1 Å². The molecule has 0 radical (unpaired) electrons. The molecule has 17 heavy (non-hydrogen) atoms. The molecular formula is C12H17N3O2. The molecule has 0 saturated heterocycles. The SMILES string of the molecule is CCC1(CNc2ccc([N+](=O)[O-])c(N)c2)CC1. The van der Waals surface area contributed by atoms with Gasteiger partial charge in [-0.05, 0) is 36.8 Å². The molecule has 3 N–H and O–H groups in total. The van der Waals surface area contributed by atoms with E-state index in [0.717, 1.165) is 12.2 Å². The molecule has 0 bridgehead atoms. The number of hydrogen-bond donors (Lipinski definition) is 2. The summed E-state index contributed by atoms with van der Waals surface area (Å²) in [6, 6.07) is 4.79. The van der Waals surface area contributed by atoms with Crippen LogP contribution in [0.25, 0.3) is 0 Å². The van der Waals surface area contributed by atoms with Crippen molar-refractivity contribution in [1.29, 1.82) is 0 Å². The first-order chi connectivity index (χ1) is 8.06. The fourth-order valence-corrected chi connectivity index (χ4v) is 1.95. The van der Waals surface area contributed by atoms with Gasteiger partial charge in [0.2, 0.25) is 0 Å². The van der Waals surface area contributed by atoms with E-state index in [4.69, 9.17) is 5.73 Å². The third-order valence-electron chi connectivity index (χ3n) is 3.60. The van der Waals surface area contributed by atoms with E-state index in [1.165, 1.54) is 25.3 Å². The summed E-state index contributed by atoms with van der Waals surface area (Å²) in [4.78, 5) is 10.1. The van der Waals surface area contributed by atoms with Crippen LogP contribution < -0.4 is 11.1 Å². The molecule has 1 saturated carbocycles. The molecular weight excluding hydrogens is 218 g/mol. The molecule has 0 heterocycles. The number of benzene rings is 1. The maximum Gasteiger partial charge on any atom is 0.292 e. The number of rotatable bonds is 5. The van der Waals surface area contributed by atoms with E-state index >= 15 is 0 Å². The van der Waals surface area contributed by atoms with Crippen molar-refractivity contribution in [3.8, 4) is 0 Å². The Morgan fingerprint density at radius 2 is 2.24 bits per heavy atom. The fraction of sp³-hybridized carbons (Fsp3) is 0.500. The second kappa shape index (κ2) is 4.24. The number of nitrogens with two attached hydrogens (primary N) is 1. The zero-order valence-electron chi connectivity index (χ0n) is 9.90. The molecule has 5 heteroatoms. The molecule has 1 fully saturated rings. The molecule has 0 spiro atoms. The van der Waals surface area contributed by atoms with Gasteiger partial charge in [0.1, 0.15) is 5.69 Å². The van der Waals surface area contributed by atoms with Crippen LogP contribution in [0.3, 0.4) is 0 Å². The molecule has 0 atom stereocenters. The highest BCUT2D eigenvalue weighted by Gasteiger charge is 2.40. The van der Waals surface area contributed by atoms with E-state index in [0.29, 0.717) is 5.41 Å². The maximum atomic E-state index is 10.6. The van der Waals surface area contributed by atoms with Crippen LogP contribution >= 0.6 is 0 Å². The molecule has 1 aromatic carbocycles. The number of nitro benzene ring substituents is 1. The molecule has 2 rings (SSSR count). The van der Waals surface area contributed by atoms with Crippen LogP contribution in [0.2, 0.25) is 0 Å². The highest BCUT2D eigenvalue weighted by Crippen LogP contribution is 2.48. The number of nitro groups is 1. The van der Waals surface area contributed by atoms with Crippen molar-refractivity contribution in [1.82, 2.24) is 0 Å². The van der Waals surface area contributed by atoms with Crippen molar-refractivity contribution >= 4 is 17.1 Å². The highest BCUT2D eigenvalue weighted by molar-refractivity contribution is 5.65. The first-order valence-corrected chi connectivity index (χ1v) is 5.84. The van der Waals surface area contributed by atoms with E-state index in [2.05, 4.69) is 12.2 Å². The number of hydrogen-bond acceptors (Lipinski definition) is 4. The Morgan fingerprint density at radius 1 is 1.53 bits per heavy atom. The van der Waals surface area contributed by atoms with Gasteiger partial charge in [0.15, 0.2) is 0 Å². The topological polar surface area (TPSA) is 81.2 Å². The Bertz CT molecular complexity index is 441. The molecule has 5 nitrogen and oxygen atoms in total. The molecule has 0 aliphatic heterocycles. The number of anilines is 2. The summed E-state index contributed by atoms with van der Waals surface area (Å²) in [6.07, 6.45) is 3.69. The van der Waals surface area contributed by atoms with Gasteiger partial charge in [-0.15, -0.1) is 0 Å². The normalized spacial score (nSPS) is 16.5. The lowest BCUT2D eigenvalue weighted by molar-refractivity contribution is -0.383. The van der Waals surface area contributed by atoms with Gasteiger partial charge in [-0.1, -0.05) is 6.92 Å². The van der Waals surface area contributed by atoms with Gasteiger partial charge in [0.05, 0.1) is 4.92 Å². The van der Waals surface area contributed by atoms with Crippen LogP contribution in [0.15, 0.2) is 18.2 Å². The van der Waals surface area contributed by atoms with Crippen molar-refractivity contribution < 1.29 is 4.92 Å². The molecule has 0 unspecified atom stereocenters. The Balaban J connectivity index is 2.03. The van der Waals surface area contributed by atoms with Gasteiger partial charge in [0.25, 0.3) is 5.69 Å². The third-order valence-corrected chi connectivity index (χ3v) is 3.60. The maximum absolute atomic E-state index is 10.6. The number of nitrogen functional groups attached to an aromatic ring is 1. The highest BCUT2D eigenvalue weighted by atomic mass is 16.6. The van der Waals surface area contributed by atoms with Crippen molar-refractivity contribution in [2.24, 2.45) is 5.41 Å². The van der Waals surface area contributed by atoms with Crippen LogP contribution in [0.1, 0.15) is 26.2 Å². The Morgan fingerprint density at radius 3 is 2.71 bits per heavy atom. The Hall–Kier alpha value is -1.78. The summed E-state index contributed by atoms with van der Waals surface area (Å²) >= 11 is 0. The molecule has 0 amide bonds. The average Bonchev–Trinajstić information content (AvgIpc) is 3.07. The second-order valence-electron chi connectivity index (χ2n) is 4.74. The monoisotopic (exact) mass is 235 g/mol. The van der Waals surface area contributed by atoms with E-state index in [1.54, 1.807) is 12.1 Å². The minimum absolute atomic E-state index is 0.0350. The van der Waals surface area contributed by atoms with Crippen LogP contribution in [0, 0.1) is 15.5 Å². The zero-order chi connectivity index (χ0) is 12.5. The Kier molecular flexibility index (Phi) is 2.92. The fourth-order valence-electron chi connectivity index (χ4n) is 1.95. The standard InChI is InChI=1S/C12H17N3O2/c1-2-12(5-6-12)8-14-9-3-4-11(15(16)17)10(13)7-9/h3-4,7,14H,2,5-6,8,13H2,1H3. The number of nitrogens with one attached hydrogen (secondary N) is 1. The minimum Gasteiger partial charge on any atom is -0.393 e. The summed E-state index contributed by atoms with van der Waals surface area (Å²) in [7, 11) is 0. The lowest BCUT2D eigenvalue weighted by atomic mass is 10.0. The van der Waals surface area contributed by atoms with Crippen LogP contribution in [0.4, 0.5) is 17.1 Å². The van der Waals surface area contributed by atoms with Gasteiger partial charge >= 0.3 is 0 Å². The van der Waals surface area contributed by atoms with Gasteiger partial charge < -0.3 is 11.1 Å². The van der Waals surface area contributed by atoms with Gasteiger partial charge in [0, 0.05) is 18.3 Å². The first-order valence-electron chi connectivity index (χ1n) is 5.84. The van der Waals surface area contributed by atoms with E-state index in [-0.39, 0.29) is 11.4 Å². The van der Waals surface area contributed by atoms with Crippen LogP contribution in [-0.2, 0) is 0 Å². The van der Waals surface area contributed by atoms with Crippen LogP contribution in [0.5, 0.6) is 0 Å². The van der Waals surface area contributed by atoms with Crippen LogP contribution in [-0.4, -0.2) is 11.5 Å². The summed E-state index contributed by atoms with van der Waals surface area (Å²) < 4.78 is 0. The molecule has 1 aliphatic carbocycles. The third kappa shape index (κ3) is 2.49. The predicted molar refractivity (Wildman–Crippen MR) is 68.0 cm³/mol. The summed E-state index contributed by atoms with van der Waals surface area (Å²) in [5, 5.41) is 13.9. The van der Waals surface area contributed by atoms with E-state index in [1.807, 2.05) is 0 Å². The first kappa shape index (κ1) is 11.7. The lowest BCUT2D eigenvalue weighted by Gasteiger charge is -2.14. The lowest BCUT2D eigenvalue weighted by Crippen LogP contribution is -2.14. The predicted octanol–water partition coefficient (Wildman–Crippen LogP) is 2.78. The van der Waals surface area contributed by atoms with Crippen molar-refractivity contribution in [2.75, 3.05) is 17.6 Å². The molecule has 92 valence electrons. The molecule has 1 aromatic rings. The Labute approximate surface area is 100 Å². The summed E-state index contributed by atoms with van der Waals surface area (Å²) in [6.45, 7) is 3.11. The summed E-state index contributed by atoms with van der Waals surface area (Å²) in [5.74, 6) is 0. The minimum atomic E-state index is -0.465. The molecule has 1 aliphatic rings. The average molecular weight is 235 g/mol. The zero-order valence-corrected chi connectivity index (χ0v) is 9.90. The number of nitrogens with zero attached hydrogens (tertiary/aromatic N) is 1. The van der Waals surface area contributed by atoms with Gasteiger partial charge in [-0.2, -0.15) is 0 Å². The van der Waals surface area contributed by atoms with Crippen molar-refractivity contribution in [3.63, 3.8) is 0 Å². The van der Waals surface area contributed by atoms with Gasteiger partial charge in [-0.25, -0.2) is 0 Å².